The summed E-state index contributed by atoms with van der Waals surface area (Å²) in [6, 6.07) is 4.12. The molecule has 0 aliphatic carbocycles. The van der Waals surface area contributed by atoms with Gasteiger partial charge in [0.1, 0.15) is 0 Å². The van der Waals surface area contributed by atoms with Crippen molar-refractivity contribution in [3.05, 3.63) is 35.4 Å². The van der Waals surface area contributed by atoms with Gasteiger partial charge in [-0.2, -0.15) is 0 Å². The lowest BCUT2D eigenvalue weighted by molar-refractivity contribution is 0.236. The number of nitrogens with one attached hydrogen (secondary N) is 1. The summed E-state index contributed by atoms with van der Waals surface area (Å²) >= 11 is 1.44. The Kier molecular flexibility index (Phi) is 5.35. The van der Waals surface area contributed by atoms with E-state index in [4.69, 9.17) is 0 Å². The molecule has 0 radical (unpaired) electrons. The first kappa shape index (κ1) is 16.4. The number of aliphatic hydroxyl groups is 1. The molecule has 0 fully saturated rings. The lowest BCUT2D eigenvalue weighted by atomic mass is 9.89. The molecule has 1 atom stereocenters. The molecule has 0 saturated carbocycles. The van der Waals surface area contributed by atoms with Crippen molar-refractivity contribution in [3.63, 3.8) is 0 Å². The Bertz CT molecular complexity index is 434. The molecule has 0 bridgehead atoms. The van der Waals surface area contributed by atoms with E-state index in [0.717, 1.165) is 6.07 Å². The zero-order valence-electron chi connectivity index (χ0n) is 11.8. The Labute approximate surface area is 117 Å². The van der Waals surface area contributed by atoms with Gasteiger partial charge in [-0.15, -0.1) is 0 Å². The fourth-order valence-electron chi connectivity index (χ4n) is 1.66. The lowest BCUT2D eigenvalue weighted by Crippen LogP contribution is -2.39. The quantitative estimate of drug-likeness (QED) is 0.812. The first-order valence-electron chi connectivity index (χ1n) is 6.20. The van der Waals surface area contributed by atoms with Crippen LogP contribution in [0, 0.1) is 11.6 Å². The Morgan fingerprint density at radius 2 is 1.84 bits per heavy atom. The maximum atomic E-state index is 13.9. The number of hydrogen-bond acceptors (Lipinski definition) is 3. The summed E-state index contributed by atoms with van der Waals surface area (Å²) < 4.78 is 30.4. The largest absolute Gasteiger partial charge is 0.396 e. The highest BCUT2D eigenvalue weighted by Crippen LogP contribution is 2.33. The van der Waals surface area contributed by atoms with Gasteiger partial charge in [0.25, 0.3) is 0 Å². The topological polar surface area (TPSA) is 32.3 Å². The summed E-state index contributed by atoms with van der Waals surface area (Å²) in [5, 5.41) is 9.19. The zero-order chi connectivity index (χ0) is 14.7. The minimum atomic E-state index is -0.871. The first-order chi connectivity index (χ1) is 8.69. The molecule has 0 spiro atoms. The first-order valence-corrected chi connectivity index (χ1v) is 7.02. The highest BCUT2D eigenvalue weighted by molar-refractivity contribution is 7.98. The predicted octanol–water partition coefficient (Wildman–Crippen LogP) is 3.60. The fraction of sp³-hybridized carbons (Fsp3) is 0.571. The number of halogens is 2. The highest BCUT2D eigenvalue weighted by Gasteiger charge is 2.31. The molecule has 0 heterocycles. The SMILES string of the molecule is CC(C)(C)SN[C@@](C)(CCO)c1cccc(F)c1F. The second-order valence-corrected chi connectivity index (χ2v) is 7.36. The van der Waals surface area contributed by atoms with Gasteiger partial charge in [-0.05, 0) is 40.2 Å². The lowest BCUT2D eigenvalue weighted by Gasteiger charge is -2.33. The molecule has 0 unspecified atom stereocenters. The van der Waals surface area contributed by atoms with Crippen LogP contribution in [0.15, 0.2) is 18.2 Å². The van der Waals surface area contributed by atoms with E-state index in [2.05, 4.69) is 4.72 Å². The van der Waals surface area contributed by atoms with E-state index in [1.54, 1.807) is 13.0 Å². The standard InChI is InChI=1S/C14H21F2NOS/c1-13(2,3)19-17-14(4,8-9-18)10-6-5-7-11(15)12(10)16/h5-7,17-18H,8-9H2,1-4H3/t14-/m0/s1. The average Bonchev–Trinajstić information content (AvgIpc) is 2.30. The molecule has 1 aromatic rings. The summed E-state index contributed by atoms with van der Waals surface area (Å²) in [6.07, 6.45) is 0.302. The molecular formula is C14H21F2NOS. The second-order valence-electron chi connectivity index (χ2n) is 5.72. The maximum Gasteiger partial charge on any atom is 0.163 e. The van der Waals surface area contributed by atoms with Gasteiger partial charge >= 0.3 is 0 Å². The number of rotatable bonds is 5. The van der Waals surface area contributed by atoms with Crippen LogP contribution in [0.5, 0.6) is 0 Å². The van der Waals surface area contributed by atoms with Crippen LogP contribution < -0.4 is 4.72 Å². The molecular weight excluding hydrogens is 268 g/mol. The second kappa shape index (κ2) is 6.20. The monoisotopic (exact) mass is 289 g/mol. The minimum Gasteiger partial charge on any atom is -0.396 e. The molecule has 1 aromatic carbocycles. The van der Waals surface area contributed by atoms with Gasteiger partial charge < -0.3 is 5.11 Å². The van der Waals surface area contributed by atoms with Crippen LogP contribution in [-0.2, 0) is 5.54 Å². The van der Waals surface area contributed by atoms with Crippen molar-refractivity contribution in [3.8, 4) is 0 Å². The summed E-state index contributed by atoms with van der Waals surface area (Å²) in [7, 11) is 0. The summed E-state index contributed by atoms with van der Waals surface area (Å²) in [5.74, 6) is -1.73. The van der Waals surface area contributed by atoms with Crippen molar-refractivity contribution >= 4 is 11.9 Å². The van der Waals surface area contributed by atoms with E-state index in [0.29, 0.717) is 6.42 Å². The molecule has 0 saturated heterocycles. The van der Waals surface area contributed by atoms with Gasteiger partial charge in [-0.1, -0.05) is 24.1 Å². The smallest absolute Gasteiger partial charge is 0.163 e. The third-order valence-electron chi connectivity index (χ3n) is 2.74. The fourth-order valence-corrected chi connectivity index (χ4v) is 2.40. The zero-order valence-corrected chi connectivity index (χ0v) is 12.6. The number of hydrogen-bond donors (Lipinski definition) is 2. The van der Waals surface area contributed by atoms with Crippen LogP contribution in [-0.4, -0.2) is 16.5 Å². The third-order valence-corrected chi connectivity index (χ3v) is 3.91. The van der Waals surface area contributed by atoms with Crippen LogP contribution >= 0.6 is 11.9 Å². The van der Waals surface area contributed by atoms with Crippen molar-refractivity contribution in [2.45, 2.75) is 44.4 Å². The van der Waals surface area contributed by atoms with Crippen LogP contribution in [0.1, 0.15) is 39.7 Å². The van der Waals surface area contributed by atoms with Gasteiger partial charge in [0, 0.05) is 16.9 Å². The molecule has 0 aromatic heterocycles. The summed E-state index contributed by atoms with van der Waals surface area (Å²) in [6.45, 7) is 7.72. The van der Waals surface area contributed by atoms with Crippen LogP contribution in [0.3, 0.4) is 0 Å². The van der Waals surface area contributed by atoms with E-state index < -0.39 is 17.2 Å². The van der Waals surface area contributed by atoms with Crippen molar-refractivity contribution in [1.82, 2.24) is 4.72 Å². The maximum absolute atomic E-state index is 13.9. The van der Waals surface area contributed by atoms with E-state index in [-0.39, 0.29) is 16.9 Å². The van der Waals surface area contributed by atoms with Gasteiger partial charge in [0.05, 0.1) is 5.54 Å². The van der Waals surface area contributed by atoms with Gasteiger partial charge in [-0.25, -0.2) is 8.78 Å². The van der Waals surface area contributed by atoms with Gasteiger partial charge in [-0.3, -0.25) is 4.72 Å². The number of aliphatic hydroxyl groups excluding tert-OH is 1. The molecule has 0 amide bonds. The van der Waals surface area contributed by atoms with Crippen LogP contribution in [0.4, 0.5) is 8.78 Å². The van der Waals surface area contributed by atoms with Crippen molar-refractivity contribution < 1.29 is 13.9 Å². The average molecular weight is 289 g/mol. The van der Waals surface area contributed by atoms with Crippen LogP contribution in [0.25, 0.3) is 0 Å². The Morgan fingerprint density at radius 1 is 1.21 bits per heavy atom. The molecule has 19 heavy (non-hydrogen) atoms. The molecule has 5 heteroatoms. The molecule has 0 aliphatic rings. The third kappa shape index (κ3) is 4.44. The van der Waals surface area contributed by atoms with Crippen LogP contribution in [0.2, 0.25) is 0 Å². The molecule has 0 aliphatic heterocycles. The Balaban J connectivity index is 3.07. The summed E-state index contributed by atoms with van der Waals surface area (Å²) in [5.41, 5.74) is -0.586. The van der Waals surface area contributed by atoms with Crippen molar-refractivity contribution in [2.24, 2.45) is 0 Å². The van der Waals surface area contributed by atoms with E-state index in [9.17, 15) is 13.9 Å². The highest BCUT2D eigenvalue weighted by atomic mass is 32.2. The Morgan fingerprint density at radius 3 is 2.37 bits per heavy atom. The predicted molar refractivity (Wildman–Crippen MR) is 75.9 cm³/mol. The molecule has 2 nitrogen and oxygen atoms in total. The van der Waals surface area contributed by atoms with Crippen molar-refractivity contribution in [1.29, 1.82) is 0 Å². The van der Waals surface area contributed by atoms with Crippen molar-refractivity contribution in [2.75, 3.05) is 6.61 Å². The Hall–Kier alpha value is -0.650. The molecule has 1 rings (SSSR count). The molecule has 2 N–H and O–H groups in total. The summed E-state index contributed by atoms with van der Waals surface area (Å²) in [4.78, 5) is 0. The molecule has 108 valence electrons. The number of benzene rings is 1. The normalized spacial score (nSPS) is 15.3. The van der Waals surface area contributed by atoms with E-state index in [1.807, 2.05) is 20.8 Å². The minimum absolute atomic E-state index is 0.0689. The van der Waals surface area contributed by atoms with E-state index >= 15 is 0 Å². The van der Waals surface area contributed by atoms with Gasteiger partial charge in [0.15, 0.2) is 11.6 Å². The van der Waals surface area contributed by atoms with E-state index in [1.165, 1.54) is 18.0 Å². The van der Waals surface area contributed by atoms with Gasteiger partial charge in [0.2, 0.25) is 0 Å².